The molecule has 2 amide bonds. The maximum atomic E-state index is 12.3. The quantitative estimate of drug-likeness (QED) is 0.0193. The van der Waals surface area contributed by atoms with E-state index in [1.54, 1.807) is 50.3 Å². The Morgan fingerprint density at radius 2 is 1.10 bits per heavy atom. The van der Waals surface area contributed by atoms with Crippen LogP contribution in [0.5, 0.6) is 11.5 Å². The van der Waals surface area contributed by atoms with Crippen molar-refractivity contribution in [2.75, 3.05) is 46.1 Å². The number of carbonyl (C=O) groups excluding carboxylic acids is 5. The first kappa shape index (κ1) is 75.8. The smallest absolute Gasteiger partial charge is 0.339 e. The van der Waals surface area contributed by atoms with E-state index in [1.807, 2.05) is 88.0 Å². The summed E-state index contributed by atoms with van der Waals surface area (Å²) in [5.74, 6) is -1.40. The molecule has 2 aliphatic rings. The molecule has 18 heteroatoms. The van der Waals surface area contributed by atoms with E-state index in [-0.39, 0.29) is 78.0 Å². The van der Waals surface area contributed by atoms with Gasteiger partial charge >= 0.3 is 23.9 Å². The zero-order valence-corrected chi connectivity index (χ0v) is 53.4. The number of piperidine rings is 1. The van der Waals surface area contributed by atoms with Crippen molar-refractivity contribution in [3.05, 3.63) is 108 Å². The highest BCUT2D eigenvalue weighted by atomic mass is 17.2. The van der Waals surface area contributed by atoms with Crippen LogP contribution in [0.25, 0.3) is 0 Å². The standard InChI is InChI=1S/C19H26O6.C16H29NO3.C16H20O4.C15H27NO3/c1-6-19(4,5)18(21)23-12-11-22-17(20)15-7-9-16(10-8-15)25-24-13-14(2)3;1-6-16(4,5)15(18)17-13-7-9-14(10-8-13)20-19-11-12(2)3;1-5-7-11-8-9-13(12(10-11)14(17)18)20-15(19)16(3,4)6-2;1-6-15(4,5)14(17)16-9-7-13(8-10-16)19-18-11-12(2)3/h7-10H,2,6,11-13H2,1,3-5H3;13-14H,2,6-11H2,1,3-5H3,(H,17,18);5,8-10H,1,6-7H2,2-4H3,(H,17,18);13H,2,6-11H2,1,3-5H3. The van der Waals surface area contributed by atoms with Gasteiger partial charge in [-0.25, -0.2) is 29.1 Å². The Balaban J connectivity index is 0.000000563. The molecule has 472 valence electrons. The van der Waals surface area contributed by atoms with Crippen LogP contribution >= 0.6 is 0 Å². The van der Waals surface area contributed by atoms with Crippen molar-refractivity contribution in [1.29, 1.82) is 0 Å². The van der Waals surface area contributed by atoms with Crippen LogP contribution in [-0.4, -0.2) is 110 Å². The summed E-state index contributed by atoms with van der Waals surface area (Å²) in [6.07, 6.45) is 10.9. The third kappa shape index (κ3) is 29.1. The first-order valence-electron chi connectivity index (χ1n) is 29.3. The molecule has 84 heavy (non-hydrogen) atoms. The molecular weight excluding hydrogens is 1080 g/mol. The number of benzene rings is 2. The van der Waals surface area contributed by atoms with Crippen LogP contribution in [-0.2, 0) is 59.5 Å². The maximum absolute atomic E-state index is 12.3. The summed E-state index contributed by atoms with van der Waals surface area (Å²) in [6.45, 7) is 46.2. The molecule has 0 atom stereocenters. The number of carboxylic acid groups (broad SMARTS) is 1. The number of hydrogen-bond donors (Lipinski definition) is 2. The molecule has 0 radical (unpaired) electrons. The van der Waals surface area contributed by atoms with Crippen LogP contribution in [0, 0.1) is 21.7 Å². The number of carbonyl (C=O) groups is 6. The van der Waals surface area contributed by atoms with E-state index in [0.717, 1.165) is 86.7 Å². The van der Waals surface area contributed by atoms with Gasteiger partial charge in [0, 0.05) is 30.0 Å². The fraction of sp³-hybridized carbons (Fsp3) is 0.606. The zero-order valence-electron chi connectivity index (χ0n) is 53.4. The van der Waals surface area contributed by atoms with Crippen molar-refractivity contribution < 1.29 is 77.4 Å². The van der Waals surface area contributed by atoms with E-state index in [1.165, 1.54) is 12.1 Å². The lowest BCUT2D eigenvalue weighted by Crippen LogP contribution is -2.46. The first-order valence-corrected chi connectivity index (χ1v) is 29.3. The summed E-state index contributed by atoms with van der Waals surface area (Å²) in [5, 5.41) is 12.4. The summed E-state index contributed by atoms with van der Waals surface area (Å²) >= 11 is 0. The van der Waals surface area contributed by atoms with Gasteiger partial charge in [0.15, 0.2) is 5.75 Å². The molecule has 18 nitrogen and oxygen atoms in total. The van der Waals surface area contributed by atoms with Crippen molar-refractivity contribution in [2.24, 2.45) is 21.7 Å². The Morgan fingerprint density at radius 3 is 1.57 bits per heavy atom. The summed E-state index contributed by atoms with van der Waals surface area (Å²) < 4.78 is 15.4. The van der Waals surface area contributed by atoms with Gasteiger partial charge in [-0.2, -0.15) is 4.89 Å². The third-order valence-electron chi connectivity index (χ3n) is 14.5. The zero-order chi connectivity index (χ0) is 63.8. The highest BCUT2D eigenvalue weighted by Gasteiger charge is 2.34. The normalized spacial score (nSPS) is 15.4. The van der Waals surface area contributed by atoms with E-state index in [2.05, 4.69) is 38.6 Å². The predicted octanol–water partition coefficient (Wildman–Crippen LogP) is 13.5. The molecule has 1 saturated carbocycles. The van der Waals surface area contributed by atoms with Gasteiger partial charge in [0.1, 0.15) is 44.3 Å². The van der Waals surface area contributed by atoms with Crippen LogP contribution in [0.15, 0.2) is 91.6 Å². The summed E-state index contributed by atoms with van der Waals surface area (Å²) in [7, 11) is 0. The molecule has 0 bridgehead atoms. The number of aromatic carboxylic acids is 1. The molecule has 1 saturated heterocycles. The van der Waals surface area contributed by atoms with Gasteiger partial charge in [0.25, 0.3) is 0 Å². The molecular formula is C66H102N2O16. The highest BCUT2D eigenvalue weighted by Crippen LogP contribution is 2.29. The van der Waals surface area contributed by atoms with Gasteiger partial charge in [-0.05, 0) is 161 Å². The minimum atomic E-state index is -1.12. The number of nitrogens with zero attached hydrogens (tertiary/aromatic N) is 1. The summed E-state index contributed by atoms with van der Waals surface area (Å²) in [6, 6.07) is 11.3. The number of ether oxygens (including phenoxy) is 3. The second kappa shape index (κ2) is 38.0. The lowest BCUT2D eigenvalue weighted by atomic mass is 9.87. The van der Waals surface area contributed by atoms with Crippen molar-refractivity contribution in [3.8, 4) is 11.5 Å². The van der Waals surface area contributed by atoms with Gasteiger partial charge in [0.05, 0.1) is 28.6 Å². The number of carboxylic acids is 1. The Hall–Kier alpha value is -6.18. The van der Waals surface area contributed by atoms with Gasteiger partial charge in [-0.15, -0.1) is 6.58 Å². The second-order valence-corrected chi connectivity index (χ2v) is 24.1. The van der Waals surface area contributed by atoms with Crippen molar-refractivity contribution >= 4 is 35.7 Å². The third-order valence-corrected chi connectivity index (χ3v) is 14.5. The van der Waals surface area contributed by atoms with Crippen LogP contribution in [0.2, 0.25) is 0 Å². The number of nitrogens with one attached hydrogen (secondary N) is 1. The Bertz CT molecular complexity index is 2430. The maximum Gasteiger partial charge on any atom is 0.339 e. The lowest BCUT2D eigenvalue weighted by Gasteiger charge is -2.36. The minimum Gasteiger partial charge on any atom is -0.478 e. The molecule has 1 aliphatic heterocycles. The highest BCUT2D eigenvalue weighted by molar-refractivity contribution is 5.93. The van der Waals surface area contributed by atoms with Crippen molar-refractivity contribution in [1.82, 2.24) is 10.2 Å². The monoisotopic (exact) mass is 1180 g/mol. The van der Waals surface area contributed by atoms with E-state index in [4.69, 9.17) is 43.5 Å². The Kier molecular flexibility index (Phi) is 34.3. The molecule has 1 aliphatic carbocycles. The molecule has 2 aromatic rings. The van der Waals surface area contributed by atoms with E-state index in [0.29, 0.717) is 43.8 Å². The predicted molar refractivity (Wildman–Crippen MR) is 326 cm³/mol. The van der Waals surface area contributed by atoms with Gasteiger partial charge in [-0.1, -0.05) is 104 Å². The number of allylic oxidation sites excluding steroid dienone is 1. The second-order valence-electron chi connectivity index (χ2n) is 24.1. The van der Waals surface area contributed by atoms with E-state index < -0.39 is 28.7 Å². The molecule has 2 aromatic carbocycles. The number of likely N-dealkylation sites (tertiary alicyclic amines) is 1. The Morgan fingerprint density at radius 1 is 0.619 bits per heavy atom. The van der Waals surface area contributed by atoms with Crippen LogP contribution < -0.4 is 14.9 Å². The van der Waals surface area contributed by atoms with E-state index >= 15 is 0 Å². The lowest BCUT2D eigenvalue weighted by molar-refractivity contribution is -0.323. The first-order chi connectivity index (χ1) is 39.3. The average molecular weight is 1180 g/mol. The van der Waals surface area contributed by atoms with E-state index in [9.17, 15) is 33.9 Å². The van der Waals surface area contributed by atoms with Gasteiger partial charge in [0.2, 0.25) is 11.8 Å². The molecule has 0 spiro atoms. The number of hydrogen-bond acceptors (Lipinski definition) is 15. The van der Waals surface area contributed by atoms with Crippen molar-refractivity contribution in [2.45, 2.75) is 193 Å². The van der Waals surface area contributed by atoms with Crippen LogP contribution in [0.3, 0.4) is 0 Å². The largest absolute Gasteiger partial charge is 0.478 e. The Labute approximate surface area is 501 Å². The number of amides is 2. The fourth-order valence-corrected chi connectivity index (χ4v) is 7.09. The minimum absolute atomic E-state index is 0.00431. The van der Waals surface area contributed by atoms with Crippen LogP contribution in [0.1, 0.15) is 194 Å². The van der Waals surface area contributed by atoms with Gasteiger partial charge < -0.3 is 34.4 Å². The van der Waals surface area contributed by atoms with Gasteiger partial charge in [-0.3, -0.25) is 19.2 Å². The molecule has 4 rings (SSSR count). The molecule has 1 heterocycles. The number of esters is 3. The van der Waals surface area contributed by atoms with Crippen LogP contribution in [0.4, 0.5) is 0 Å². The molecule has 0 aromatic heterocycles. The SMILES string of the molecule is C=C(C)COOC1CCC(NC(=O)C(C)(C)CC)CC1.C=C(C)COOC1CCN(C(=O)C(C)(C)CC)CC1.C=C(C)COOc1ccc(C(=O)OCCOC(=O)C(C)(C)CC)cc1.C=CCc1ccc(OC(=O)C(C)(C)CC)c(C(=O)O)c1. The topological polar surface area (TPSA) is 221 Å². The number of rotatable bonds is 29. The fourth-order valence-electron chi connectivity index (χ4n) is 7.09. The molecule has 0 unspecified atom stereocenters. The summed E-state index contributed by atoms with van der Waals surface area (Å²) in [5.41, 5.74) is 2.18. The molecule has 2 N–H and O–H groups in total. The summed E-state index contributed by atoms with van der Waals surface area (Å²) in [4.78, 5) is 104. The molecule has 2 fully saturated rings. The van der Waals surface area contributed by atoms with Crippen molar-refractivity contribution in [3.63, 3.8) is 0 Å². The average Bonchev–Trinajstić information content (AvgIpc) is 3.64.